The zero-order valence-corrected chi connectivity index (χ0v) is 10.1. The third-order valence-corrected chi connectivity index (χ3v) is 2.91. The first-order valence-corrected chi connectivity index (χ1v) is 6.00. The van der Waals surface area contributed by atoms with Crippen molar-refractivity contribution in [3.05, 3.63) is 47.4 Å². The van der Waals surface area contributed by atoms with Crippen molar-refractivity contribution in [3.8, 4) is 11.1 Å². The number of halogens is 1. The normalized spacial score (nSPS) is 10.6. The SMILES string of the molecule is CCCCc1cocc1-c1cccc(Cl)c1. The zero-order chi connectivity index (χ0) is 11.4. The summed E-state index contributed by atoms with van der Waals surface area (Å²) in [4.78, 5) is 0. The highest BCUT2D eigenvalue weighted by Crippen LogP contribution is 2.28. The highest BCUT2D eigenvalue weighted by molar-refractivity contribution is 6.30. The molecule has 0 N–H and O–H groups in total. The second kappa shape index (κ2) is 5.22. The predicted octanol–water partition coefficient (Wildman–Crippen LogP) is 4.94. The Hall–Kier alpha value is -1.21. The molecule has 0 fully saturated rings. The van der Waals surface area contributed by atoms with Gasteiger partial charge in [-0.25, -0.2) is 0 Å². The minimum Gasteiger partial charge on any atom is -0.472 e. The molecule has 0 aliphatic heterocycles. The lowest BCUT2D eigenvalue weighted by Gasteiger charge is -2.02. The van der Waals surface area contributed by atoms with Crippen LogP contribution in [0.1, 0.15) is 25.3 Å². The van der Waals surface area contributed by atoms with Crippen molar-refractivity contribution in [2.45, 2.75) is 26.2 Å². The largest absolute Gasteiger partial charge is 0.472 e. The molecule has 0 saturated heterocycles. The predicted molar refractivity (Wildman–Crippen MR) is 67.8 cm³/mol. The summed E-state index contributed by atoms with van der Waals surface area (Å²) < 4.78 is 5.29. The first-order chi connectivity index (χ1) is 7.81. The van der Waals surface area contributed by atoms with Crippen LogP contribution in [0.15, 0.2) is 41.2 Å². The van der Waals surface area contributed by atoms with Gasteiger partial charge < -0.3 is 4.42 Å². The highest BCUT2D eigenvalue weighted by atomic mass is 35.5. The van der Waals surface area contributed by atoms with E-state index in [1.165, 1.54) is 18.4 Å². The van der Waals surface area contributed by atoms with E-state index in [-0.39, 0.29) is 0 Å². The summed E-state index contributed by atoms with van der Waals surface area (Å²) in [5.41, 5.74) is 3.56. The Morgan fingerprint density at radius 1 is 1.25 bits per heavy atom. The lowest BCUT2D eigenvalue weighted by Crippen LogP contribution is -1.85. The van der Waals surface area contributed by atoms with Gasteiger partial charge in [0.1, 0.15) is 0 Å². The van der Waals surface area contributed by atoms with Crippen LogP contribution < -0.4 is 0 Å². The molecular formula is C14H15ClO. The van der Waals surface area contributed by atoms with Crippen molar-refractivity contribution in [2.75, 3.05) is 0 Å². The Morgan fingerprint density at radius 2 is 2.12 bits per heavy atom. The first-order valence-electron chi connectivity index (χ1n) is 5.62. The van der Waals surface area contributed by atoms with Crippen molar-refractivity contribution in [1.82, 2.24) is 0 Å². The van der Waals surface area contributed by atoms with Gasteiger partial charge in [0.05, 0.1) is 12.5 Å². The molecule has 0 spiro atoms. The molecule has 0 bridgehead atoms. The number of rotatable bonds is 4. The molecule has 2 aromatic rings. The van der Waals surface area contributed by atoms with Crippen LogP contribution in [0.3, 0.4) is 0 Å². The standard InChI is InChI=1S/C14H15ClO/c1-2-3-5-12-9-16-10-14(12)11-6-4-7-13(15)8-11/h4,6-10H,2-3,5H2,1H3. The van der Waals surface area contributed by atoms with E-state index >= 15 is 0 Å². The molecule has 0 atom stereocenters. The molecule has 2 heteroatoms. The summed E-state index contributed by atoms with van der Waals surface area (Å²) in [5.74, 6) is 0. The molecule has 1 heterocycles. The molecule has 0 aliphatic rings. The van der Waals surface area contributed by atoms with Crippen LogP contribution in [0.4, 0.5) is 0 Å². The van der Waals surface area contributed by atoms with Crippen LogP contribution in [-0.2, 0) is 6.42 Å². The van der Waals surface area contributed by atoms with E-state index in [4.69, 9.17) is 16.0 Å². The second-order valence-electron chi connectivity index (χ2n) is 3.92. The molecule has 0 radical (unpaired) electrons. The molecule has 1 aromatic heterocycles. The van der Waals surface area contributed by atoms with Gasteiger partial charge in [-0.05, 0) is 36.1 Å². The maximum absolute atomic E-state index is 5.99. The van der Waals surface area contributed by atoms with Gasteiger partial charge in [-0.15, -0.1) is 0 Å². The topological polar surface area (TPSA) is 13.1 Å². The highest BCUT2D eigenvalue weighted by Gasteiger charge is 2.07. The maximum atomic E-state index is 5.99. The van der Waals surface area contributed by atoms with Gasteiger partial charge in [0.15, 0.2) is 0 Å². The van der Waals surface area contributed by atoms with Gasteiger partial charge in [0.25, 0.3) is 0 Å². The zero-order valence-electron chi connectivity index (χ0n) is 9.37. The van der Waals surface area contributed by atoms with Gasteiger partial charge in [0, 0.05) is 10.6 Å². The molecule has 2 rings (SSSR count). The fraction of sp³-hybridized carbons (Fsp3) is 0.286. The number of hydrogen-bond donors (Lipinski definition) is 0. The molecule has 0 unspecified atom stereocenters. The molecule has 84 valence electrons. The van der Waals surface area contributed by atoms with Crippen LogP contribution in [0.25, 0.3) is 11.1 Å². The van der Waals surface area contributed by atoms with Gasteiger partial charge in [-0.3, -0.25) is 0 Å². The Balaban J connectivity index is 2.29. The molecule has 1 aromatic carbocycles. The van der Waals surface area contributed by atoms with Crippen molar-refractivity contribution in [1.29, 1.82) is 0 Å². The molecule has 1 nitrogen and oxygen atoms in total. The summed E-state index contributed by atoms with van der Waals surface area (Å²) in [6.45, 7) is 2.19. The molecule has 0 amide bonds. The van der Waals surface area contributed by atoms with Gasteiger partial charge >= 0.3 is 0 Å². The molecule has 16 heavy (non-hydrogen) atoms. The fourth-order valence-corrected chi connectivity index (χ4v) is 1.98. The van der Waals surface area contributed by atoms with E-state index in [9.17, 15) is 0 Å². The molecule has 0 aliphatic carbocycles. The Labute approximate surface area is 101 Å². The Morgan fingerprint density at radius 3 is 2.88 bits per heavy atom. The summed E-state index contributed by atoms with van der Waals surface area (Å²) in [6, 6.07) is 7.89. The van der Waals surface area contributed by atoms with Crippen molar-refractivity contribution >= 4 is 11.6 Å². The fourth-order valence-electron chi connectivity index (χ4n) is 1.79. The van der Waals surface area contributed by atoms with E-state index < -0.39 is 0 Å². The lowest BCUT2D eigenvalue weighted by molar-refractivity contribution is 0.563. The number of furan rings is 1. The van der Waals surface area contributed by atoms with Crippen molar-refractivity contribution in [2.24, 2.45) is 0 Å². The van der Waals surface area contributed by atoms with Crippen LogP contribution in [0, 0.1) is 0 Å². The van der Waals surface area contributed by atoms with Crippen LogP contribution in [-0.4, -0.2) is 0 Å². The summed E-state index contributed by atoms with van der Waals surface area (Å²) in [5, 5.41) is 0.764. The second-order valence-corrected chi connectivity index (χ2v) is 4.36. The van der Waals surface area contributed by atoms with Crippen molar-refractivity contribution < 1.29 is 4.42 Å². The van der Waals surface area contributed by atoms with Crippen molar-refractivity contribution in [3.63, 3.8) is 0 Å². The lowest BCUT2D eigenvalue weighted by atomic mass is 10.0. The summed E-state index contributed by atoms with van der Waals surface area (Å²) >= 11 is 5.99. The van der Waals surface area contributed by atoms with Crippen LogP contribution in [0.5, 0.6) is 0 Å². The van der Waals surface area contributed by atoms with Crippen LogP contribution in [0.2, 0.25) is 5.02 Å². The minimum atomic E-state index is 0.764. The number of aryl methyl sites for hydroxylation is 1. The van der Waals surface area contributed by atoms with E-state index in [1.54, 1.807) is 6.26 Å². The Bertz CT molecular complexity index is 459. The Kier molecular flexibility index (Phi) is 3.68. The molecule has 0 saturated carbocycles. The van der Waals surface area contributed by atoms with E-state index in [2.05, 4.69) is 13.0 Å². The smallest absolute Gasteiger partial charge is 0.0983 e. The van der Waals surface area contributed by atoms with Crippen LogP contribution >= 0.6 is 11.6 Å². The van der Waals surface area contributed by atoms with E-state index in [0.717, 1.165) is 22.6 Å². The maximum Gasteiger partial charge on any atom is 0.0983 e. The average molecular weight is 235 g/mol. The number of benzene rings is 1. The van der Waals surface area contributed by atoms with E-state index in [1.807, 2.05) is 24.5 Å². The summed E-state index contributed by atoms with van der Waals surface area (Å²) in [7, 11) is 0. The van der Waals surface area contributed by atoms with E-state index in [0.29, 0.717) is 0 Å². The number of hydrogen-bond acceptors (Lipinski definition) is 1. The quantitative estimate of drug-likeness (QED) is 0.730. The summed E-state index contributed by atoms with van der Waals surface area (Å²) in [6.07, 6.45) is 7.09. The minimum absolute atomic E-state index is 0.764. The van der Waals surface area contributed by atoms with Gasteiger partial charge in [0.2, 0.25) is 0 Å². The molecular weight excluding hydrogens is 220 g/mol. The van der Waals surface area contributed by atoms with Gasteiger partial charge in [-0.1, -0.05) is 37.1 Å². The average Bonchev–Trinajstić information content (AvgIpc) is 2.74. The first kappa shape index (κ1) is 11.3. The van der Waals surface area contributed by atoms with Gasteiger partial charge in [-0.2, -0.15) is 0 Å². The third-order valence-electron chi connectivity index (χ3n) is 2.68. The monoisotopic (exact) mass is 234 g/mol. The number of unbranched alkanes of at least 4 members (excludes halogenated alkanes) is 1. The third kappa shape index (κ3) is 2.48.